The number of carbonyl (C=O) groups is 1. The molecule has 0 bridgehead atoms. The third-order valence-electron chi connectivity index (χ3n) is 3.76. The van der Waals surface area contributed by atoms with E-state index < -0.39 is 40.2 Å². The smallest absolute Gasteiger partial charge is 0.355 e. The fourth-order valence-electron chi connectivity index (χ4n) is 2.67. The molecule has 1 fully saturated rings. The van der Waals surface area contributed by atoms with Crippen LogP contribution in [0.5, 0.6) is 5.75 Å². The first kappa shape index (κ1) is 17.2. The summed E-state index contributed by atoms with van der Waals surface area (Å²) < 4.78 is 53.0. The Bertz CT molecular complexity index is 783. The summed E-state index contributed by atoms with van der Waals surface area (Å²) in [5.74, 6) is -4.61. The molecule has 1 saturated heterocycles. The monoisotopic (exact) mass is 353 g/mol. The lowest BCUT2D eigenvalue weighted by Crippen LogP contribution is -2.28. The summed E-state index contributed by atoms with van der Waals surface area (Å²) in [6, 6.07) is 2.60. The van der Waals surface area contributed by atoms with Gasteiger partial charge in [-0.2, -0.15) is 0 Å². The number of carboxylic acids is 1. The van der Waals surface area contributed by atoms with Crippen LogP contribution in [0.1, 0.15) is 23.3 Å². The van der Waals surface area contributed by atoms with Gasteiger partial charge in [0, 0.05) is 24.3 Å². The third kappa shape index (κ3) is 3.74. The molecule has 0 amide bonds. The van der Waals surface area contributed by atoms with E-state index in [0.29, 0.717) is 25.8 Å². The molecule has 132 valence electrons. The molecule has 1 aromatic carbocycles. The van der Waals surface area contributed by atoms with Crippen LogP contribution < -0.4 is 4.74 Å². The van der Waals surface area contributed by atoms with E-state index in [4.69, 9.17) is 14.6 Å². The van der Waals surface area contributed by atoms with Gasteiger partial charge in [0.25, 0.3) is 0 Å². The Hall–Kier alpha value is -2.61. The highest BCUT2D eigenvalue weighted by atomic mass is 19.1. The average Bonchev–Trinajstić information content (AvgIpc) is 2.55. The second kappa shape index (κ2) is 7.10. The molecule has 3 rings (SSSR count). The zero-order valence-electron chi connectivity index (χ0n) is 13.0. The van der Waals surface area contributed by atoms with Crippen molar-refractivity contribution < 1.29 is 32.5 Å². The molecule has 1 aliphatic heterocycles. The maximum absolute atomic E-state index is 14.4. The van der Waals surface area contributed by atoms with E-state index in [1.807, 2.05) is 0 Å². The Morgan fingerprint density at radius 2 is 1.96 bits per heavy atom. The van der Waals surface area contributed by atoms with Crippen molar-refractivity contribution in [3.05, 3.63) is 47.5 Å². The van der Waals surface area contributed by atoms with Crippen LogP contribution in [-0.4, -0.2) is 35.4 Å². The molecular weight excluding hydrogens is 339 g/mol. The largest absolute Gasteiger partial charge is 0.488 e. The van der Waals surface area contributed by atoms with Gasteiger partial charge in [0.1, 0.15) is 29.3 Å². The molecule has 0 radical (unpaired) electrons. The highest BCUT2D eigenvalue weighted by Gasteiger charge is 2.23. The van der Waals surface area contributed by atoms with Crippen LogP contribution in [0.25, 0.3) is 11.1 Å². The Balaban J connectivity index is 1.98. The molecule has 1 N–H and O–H groups in total. The summed E-state index contributed by atoms with van der Waals surface area (Å²) in [6.45, 7) is 0.939. The van der Waals surface area contributed by atoms with Crippen molar-refractivity contribution in [2.45, 2.75) is 18.9 Å². The number of aromatic carboxylic acids is 1. The van der Waals surface area contributed by atoms with Crippen LogP contribution in [0.4, 0.5) is 13.2 Å². The van der Waals surface area contributed by atoms with Crippen LogP contribution in [0.3, 0.4) is 0 Å². The van der Waals surface area contributed by atoms with Crippen LogP contribution in [0.2, 0.25) is 0 Å². The molecule has 1 aromatic heterocycles. The minimum absolute atomic E-state index is 0.0458. The van der Waals surface area contributed by atoms with Crippen LogP contribution >= 0.6 is 0 Å². The lowest BCUT2D eigenvalue weighted by molar-refractivity contribution is 0.00720. The molecule has 0 saturated carbocycles. The molecule has 1 atom stereocenters. The Labute approximate surface area is 141 Å². The first-order valence-corrected chi connectivity index (χ1v) is 7.58. The van der Waals surface area contributed by atoms with Gasteiger partial charge in [0.15, 0.2) is 5.69 Å². The summed E-state index contributed by atoms with van der Waals surface area (Å²) in [5.41, 5.74) is -1.79. The van der Waals surface area contributed by atoms with Crippen molar-refractivity contribution in [2.24, 2.45) is 0 Å². The molecule has 25 heavy (non-hydrogen) atoms. The van der Waals surface area contributed by atoms with Crippen molar-refractivity contribution in [3.8, 4) is 16.9 Å². The number of hydrogen-bond donors (Lipinski definition) is 1. The third-order valence-corrected chi connectivity index (χ3v) is 3.76. The molecule has 5 nitrogen and oxygen atoms in total. The van der Waals surface area contributed by atoms with E-state index in [2.05, 4.69) is 4.98 Å². The molecule has 2 heterocycles. The van der Waals surface area contributed by atoms with Gasteiger partial charge in [-0.05, 0) is 18.9 Å². The van der Waals surface area contributed by atoms with Crippen molar-refractivity contribution >= 4 is 5.97 Å². The molecule has 1 aliphatic rings. The SMILES string of the molecule is O=C(O)c1ncc(F)cc1-c1c(F)cc(OC2CCCOC2)cc1F. The molecular formula is C17H14F3NO4. The van der Waals surface area contributed by atoms with Gasteiger partial charge in [0.05, 0.1) is 18.4 Å². The molecule has 8 heteroatoms. The van der Waals surface area contributed by atoms with Crippen molar-refractivity contribution in [1.29, 1.82) is 0 Å². The standard InChI is InChI=1S/C17H14F3NO4/c18-9-4-12(16(17(22)23)21-7-9)15-13(19)5-11(6-14(15)20)25-10-2-1-3-24-8-10/h4-7,10H,1-3,8H2,(H,22,23). The predicted octanol–water partition coefficient (Wildman–Crippen LogP) is 3.42. The maximum atomic E-state index is 14.4. The minimum atomic E-state index is -1.52. The topological polar surface area (TPSA) is 68.7 Å². The highest BCUT2D eigenvalue weighted by molar-refractivity contribution is 5.94. The molecule has 2 aromatic rings. The number of rotatable bonds is 4. The summed E-state index contributed by atoms with van der Waals surface area (Å²) in [6.07, 6.45) is 1.83. The lowest BCUT2D eigenvalue weighted by atomic mass is 10.0. The number of nitrogens with zero attached hydrogens (tertiary/aromatic N) is 1. The number of ether oxygens (including phenoxy) is 2. The Kier molecular flexibility index (Phi) is 4.89. The van der Waals surface area contributed by atoms with Gasteiger partial charge in [-0.3, -0.25) is 0 Å². The van der Waals surface area contributed by atoms with Gasteiger partial charge >= 0.3 is 5.97 Å². The first-order chi connectivity index (χ1) is 12.0. The second-order valence-corrected chi connectivity index (χ2v) is 5.57. The van der Waals surface area contributed by atoms with Crippen LogP contribution in [-0.2, 0) is 4.74 Å². The quantitative estimate of drug-likeness (QED) is 0.912. The summed E-state index contributed by atoms with van der Waals surface area (Å²) in [4.78, 5) is 14.6. The average molecular weight is 353 g/mol. The normalized spacial score (nSPS) is 17.3. The van der Waals surface area contributed by atoms with Crippen molar-refractivity contribution in [3.63, 3.8) is 0 Å². The van der Waals surface area contributed by atoms with E-state index in [1.165, 1.54) is 0 Å². The van der Waals surface area contributed by atoms with Gasteiger partial charge in [-0.25, -0.2) is 22.9 Å². The Morgan fingerprint density at radius 3 is 2.56 bits per heavy atom. The van der Waals surface area contributed by atoms with E-state index in [1.54, 1.807) is 0 Å². The number of halogens is 3. The van der Waals surface area contributed by atoms with E-state index in [9.17, 15) is 18.0 Å². The van der Waals surface area contributed by atoms with Gasteiger partial charge in [0.2, 0.25) is 0 Å². The van der Waals surface area contributed by atoms with Crippen LogP contribution in [0.15, 0.2) is 24.4 Å². The van der Waals surface area contributed by atoms with Gasteiger partial charge in [-0.1, -0.05) is 0 Å². The zero-order valence-corrected chi connectivity index (χ0v) is 13.0. The fourth-order valence-corrected chi connectivity index (χ4v) is 2.67. The molecule has 0 aliphatic carbocycles. The first-order valence-electron chi connectivity index (χ1n) is 7.58. The minimum Gasteiger partial charge on any atom is -0.488 e. The van der Waals surface area contributed by atoms with Gasteiger partial charge < -0.3 is 14.6 Å². The predicted molar refractivity (Wildman–Crippen MR) is 81.0 cm³/mol. The lowest BCUT2D eigenvalue weighted by Gasteiger charge is -2.23. The number of benzene rings is 1. The van der Waals surface area contributed by atoms with E-state index in [-0.39, 0.29) is 11.9 Å². The maximum Gasteiger partial charge on any atom is 0.355 e. The Morgan fingerprint density at radius 1 is 1.24 bits per heavy atom. The number of carboxylic acid groups (broad SMARTS) is 1. The van der Waals surface area contributed by atoms with Crippen molar-refractivity contribution in [2.75, 3.05) is 13.2 Å². The van der Waals surface area contributed by atoms with Crippen LogP contribution in [0, 0.1) is 17.5 Å². The van der Waals surface area contributed by atoms with Gasteiger partial charge in [-0.15, -0.1) is 0 Å². The van der Waals surface area contributed by atoms with Crippen molar-refractivity contribution in [1.82, 2.24) is 4.98 Å². The summed E-state index contributed by atoms with van der Waals surface area (Å²) in [7, 11) is 0. The second-order valence-electron chi connectivity index (χ2n) is 5.57. The molecule has 0 spiro atoms. The van der Waals surface area contributed by atoms with E-state index >= 15 is 0 Å². The van der Waals surface area contributed by atoms with E-state index in [0.717, 1.165) is 24.6 Å². The number of aromatic nitrogens is 1. The summed E-state index contributed by atoms with van der Waals surface area (Å²) >= 11 is 0. The fraction of sp³-hybridized carbons (Fsp3) is 0.294. The molecule has 1 unspecified atom stereocenters. The zero-order chi connectivity index (χ0) is 18.0. The number of pyridine rings is 1. The highest BCUT2D eigenvalue weighted by Crippen LogP contribution is 2.32. The summed E-state index contributed by atoms with van der Waals surface area (Å²) in [5, 5.41) is 9.10. The number of hydrogen-bond acceptors (Lipinski definition) is 4.